The fourth-order valence-corrected chi connectivity index (χ4v) is 4.09. The van der Waals surface area contributed by atoms with E-state index in [1.807, 2.05) is 13.2 Å². The van der Waals surface area contributed by atoms with E-state index in [2.05, 4.69) is 32.0 Å². The van der Waals surface area contributed by atoms with Crippen LogP contribution in [-0.2, 0) is 11.2 Å². The van der Waals surface area contributed by atoms with Crippen molar-refractivity contribution in [2.75, 3.05) is 53.0 Å². The van der Waals surface area contributed by atoms with E-state index >= 15 is 0 Å². The number of nitrogens with one attached hydrogen (secondary N) is 1. The smallest absolute Gasteiger partial charge is 0.193 e. The van der Waals surface area contributed by atoms with Gasteiger partial charge in [-0.25, -0.2) is 4.98 Å². The molecule has 0 aliphatic carbocycles. The van der Waals surface area contributed by atoms with Gasteiger partial charge < -0.3 is 15.0 Å². The molecule has 0 saturated carbocycles. The molecule has 0 bridgehead atoms. The molecule has 1 unspecified atom stereocenters. The summed E-state index contributed by atoms with van der Waals surface area (Å²) in [6, 6.07) is 0.638. The third-order valence-electron chi connectivity index (χ3n) is 4.53. The number of nitrogens with zero attached hydrogens (tertiary/aromatic N) is 4. The maximum absolute atomic E-state index is 5.46. The van der Waals surface area contributed by atoms with E-state index in [9.17, 15) is 0 Å². The first kappa shape index (κ1) is 19.9. The van der Waals surface area contributed by atoms with Gasteiger partial charge in [0.15, 0.2) is 5.96 Å². The van der Waals surface area contributed by atoms with Crippen LogP contribution in [-0.4, -0.2) is 79.8 Å². The molecule has 0 aromatic carbocycles. The van der Waals surface area contributed by atoms with Crippen molar-refractivity contribution in [3.05, 3.63) is 16.1 Å². The van der Waals surface area contributed by atoms with E-state index in [1.54, 1.807) is 11.3 Å². The summed E-state index contributed by atoms with van der Waals surface area (Å²) in [5, 5.41) is 4.68. The zero-order valence-electron chi connectivity index (χ0n) is 14.5. The molecule has 24 heavy (non-hydrogen) atoms. The van der Waals surface area contributed by atoms with Crippen LogP contribution in [0.2, 0.25) is 0 Å². The van der Waals surface area contributed by atoms with Gasteiger partial charge in [-0.2, -0.15) is 0 Å². The Balaban J connectivity index is 0.00000208. The first-order valence-electron chi connectivity index (χ1n) is 8.45. The topological polar surface area (TPSA) is 53.0 Å². The number of thiazole rings is 1. The fraction of sp³-hybridized carbons (Fsp3) is 0.750. The van der Waals surface area contributed by atoms with Crippen LogP contribution in [0.5, 0.6) is 0 Å². The minimum Gasteiger partial charge on any atom is -0.379 e. The van der Waals surface area contributed by atoms with Crippen molar-refractivity contribution >= 4 is 41.3 Å². The molecule has 0 amide bonds. The Morgan fingerprint density at radius 3 is 2.88 bits per heavy atom. The first-order chi connectivity index (χ1) is 11.3. The van der Waals surface area contributed by atoms with Crippen molar-refractivity contribution in [2.45, 2.75) is 25.8 Å². The molecule has 2 fully saturated rings. The molecular weight excluding hydrogens is 437 g/mol. The van der Waals surface area contributed by atoms with E-state index in [1.165, 1.54) is 16.3 Å². The largest absolute Gasteiger partial charge is 0.379 e. The maximum atomic E-state index is 5.46. The number of aliphatic imine (C=N–C) groups is 1. The van der Waals surface area contributed by atoms with Gasteiger partial charge in [0.05, 0.1) is 18.2 Å². The van der Waals surface area contributed by atoms with Gasteiger partial charge in [0.2, 0.25) is 0 Å². The van der Waals surface area contributed by atoms with Gasteiger partial charge in [0.1, 0.15) is 0 Å². The zero-order chi connectivity index (χ0) is 16.1. The normalized spacial score (nSPS) is 22.5. The number of rotatable bonds is 4. The molecule has 1 aromatic rings. The maximum Gasteiger partial charge on any atom is 0.193 e. The van der Waals surface area contributed by atoms with Crippen LogP contribution in [0.25, 0.3) is 0 Å². The van der Waals surface area contributed by atoms with Gasteiger partial charge in [-0.3, -0.25) is 9.89 Å². The summed E-state index contributed by atoms with van der Waals surface area (Å²) < 4.78 is 5.46. The van der Waals surface area contributed by atoms with Gasteiger partial charge in [-0.1, -0.05) is 0 Å². The molecule has 2 saturated heterocycles. The van der Waals surface area contributed by atoms with E-state index in [-0.39, 0.29) is 24.0 Å². The van der Waals surface area contributed by atoms with E-state index in [0.29, 0.717) is 6.04 Å². The van der Waals surface area contributed by atoms with Gasteiger partial charge >= 0.3 is 0 Å². The Hall–Kier alpha value is -0.450. The molecule has 8 heteroatoms. The van der Waals surface area contributed by atoms with Gasteiger partial charge in [0, 0.05) is 63.3 Å². The molecule has 3 rings (SSSR count). The van der Waals surface area contributed by atoms with Crippen molar-refractivity contribution in [2.24, 2.45) is 4.99 Å². The molecule has 0 spiro atoms. The molecule has 3 heterocycles. The monoisotopic (exact) mass is 465 g/mol. The Labute approximate surface area is 165 Å². The van der Waals surface area contributed by atoms with Crippen molar-refractivity contribution < 1.29 is 4.74 Å². The van der Waals surface area contributed by atoms with Crippen molar-refractivity contribution in [3.63, 3.8) is 0 Å². The molecule has 1 N–H and O–H groups in total. The molecule has 1 aromatic heterocycles. The van der Waals surface area contributed by atoms with Crippen LogP contribution in [0.1, 0.15) is 16.3 Å². The lowest BCUT2D eigenvalue weighted by Gasteiger charge is -2.32. The third kappa shape index (κ3) is 5.27. The second-order valence-corrected chi connectivity index (χ2v) is 7.44. The third-order valence-corrected chi connectivity index (χ3v) is 5.50. The highest BCUT2D eigenvalue weighted by Crippen LogP contribution is 2.17. The summed E-state index contributed by atoms with van der Waals surface area (Å²) in [6.45, 7) is 9.01. The summed E-state index contributed by atoms with van der Waals surface area (Å²) >= 11 is 1.78. The second-order valence-electron chi connectivity index (χ2n) is 6.13. The summed E-state index contributed by atoms with van der Waals surface area (Å²) in [6.07, 6.45) is 4.12. The van der Waals surface area contributed by atoms with Crippen LogP contribution in [0.15, 0.2) is 11.2 Å². The highest BCUT2D eigenvalue weighted by atomic mass is 127. The lowest BCUT2D eigenvalue weighted by atomic mass is 10.2. The Bertz CT molecular complexity index is 532. The number of guanidine groups is 1. The predicted molar refractivity (Wildman–Crippen MR) is 110 cm³/mol. The number of hydrogen-bond donors (Lipinski definition) is 1. The number of halogens is 1. The van der Waals surface area contributed by atoms with Crippen LogP contribution >= 0.6 is 35.3 Å². The van der Waals surface area contributed by atoms with Crippen LogP contribution < -0.4 is 5.32 Å². The zero-order valence-corrected chi connectivity index (χ0v) is 17.7. The molecule has 0 radical (unpaired) electrons. The molecule has 2 aliphatic heterocycles. The Kier molecular flexibility index (Phi) is 8.18. The van der Waals surface area contributed by atoms with Gasteiger partial charge in [-0.05, 0) is 13.3 Å². The molecule has 1 atom stereocenters. The average molecular weight is 465 g/mol. The highest BCUT2D eigenvalue weighted by molar-refractivity contribution is 14.0. The second kappa shape index (κ2) is 9.88. The number of morpholine rings is 1. The SMILES string of the molecule is CN=C(NCCc1ncc(C)s1)N1CCC(N2CCOCC2)C1.I. The lowest BCUT2D eigenvalue weighted by molar-refractivity contribution is 0.0195. The minimum atomic E-state index is 0. The summed E-state index contributed by atoms with van der Waals surface area (Å²) in [5.74, 6) is 1.02. The number of aryl methyl sites for hydroxylation is 1. The average Bonchev–Trinajstić information content (AvgIpc) is 3.22. The van der Waals surface area contributed by atoms with Crippen molar-refractivity contribution in [1.29, 1.82) is 0 Å². The lowest BCUT2D eigenvalue weighted by Crippen LogP contribution is -2.46. The minimum absolute atomic E-state index is 0. The summed E-state index contributed by atoms with van der Waals surface area (Å²) in [7, 11) is 1.87. The van der Waals surface area contributed by atoms with Crippen molar-refractivity contribution in [3.8, 4) is 0 Å². The molecular formula is C16H28IN5OS. The Morgan fingerprint density at radius 2 is 2.21 bits per heavy atom. The highest BCUT2D eigenvalue weighted by Gasteiger charge is 2.30. The predicted octanol–water partition coefficient (Wildman–Crippen LogP) is 1.59. The van der Waals surface area contributed by atoms with Crippen LogP contribution in [0, 0.1) is 6.92 Å². The molecule has 2 aliphatic rings. The van der Waals surface area contributed by atoms with E-state index < -0.39 is 0 Å². The molecule has 6 nitrogen and oxygen atoms in total. The number of likely N-dealkylation sites (tertiary alicyclic amines) is 1. The van der Waals surface area contributed by atoms with Crippen LogP contribution in [0.3, 0.4) is 0 Å². The number of aromatic nitrogens is 1. The van der Waals surface area contributed by atoms with Gasteiger partial charge in [-0.15, -0.1) is 35.3 Å². The summed E-state index contributed by atoms with van der Waals surface area (Å²) in [5.41, 5.74) is 0. The summed E-state index contributed by atoms with van der Waals surface area (Å²) in [4.78, 5) is 15.1. The van der Waals surface area contributed by atoms with Gasteiger partial charge in [0.25, 0.3) is 0 Å². The van der Waals surface area contributed by atoms with Crippen molar-refractivity contribution in [1.82, 2.24) is 20.1 Å². The number of hydrogen-bond acceptors (Lipinski definition) is 5. The van der Waals surface area contributed by atoms with E-state index in [4.69, 9.17) is 4.74 Å². The molecule has 136 valence electrons. The quantitative estimate of drug-likeness (QED) is 0.416. The Morgan fingerprint density at radius 1 is 1.42 bits per heavy atom. The first-order valence-corrected chi connectivity index (χ1v) is 9.26. The van der Waals surface area contributed by atoms with Crippen LogP contribution in [0.4, 0.5) is 0 Å². The van der Waals surface area contributed by atoms with E-state index in [0.717, 1.165) is 58.3 Å². The number of ether oxygens (including phenoxy) is 1. The standard InChI is InChI=1S/C16H27N5OS.HI/c1-13-11-19-15(23-13)3-5-18-16(17-2)21-6-4-14(12-21)20-7-9-22-10-8-20;/h11,14H,3-10,12H2,1-2H3,(H,17,18);1H. The fourth-order valence-electron chi connectivity index (χ4n) is 3.31.